The molecule has 1 aromatic rings. The minimum Gasteiger partial charge on any atom is -0.395 e. The van der Waals surface area contributed by atoms with Gasteiger partial charge in [0.1, 0.15) is 0 Å². The van der Waals surface area contributed by atoms with Gasteiger partial charge in [0.2, 0.25) is 15.9 Å². The third kappa shape index (κ3) is 4.28. The number of benzene rings is 1. The number of aliphatic hydroxyl groups is 1. The number of aliphatic hydroxyl groups excluding tert-OH is 1. The number of carbonyl (C=O) groups is 1. The predicted molar refractivity (Wildman–Crippen MR) is 82.8 cm³/mol. The summed E-state index contributed by atoms with van der Waals surface area (Å²) in [6, 6.07) is 6.10. The van der Waals surface area contributed by atoms with Crippen molar-refractivity contribution in [1.29, 1.82) is 0 Å². The molecule has 1 atom stereocenters. The topological polar surface area (TPSA) is 86.7 Å². The van der Waals surface area contributed by atoms with E-state index in [1.807, 2.05) is 4.90 Å². The first-order valence-corrected chi connectivity index (χ1v) is 8.90. The summed E-state index contributed by atoms with van der Waals surface area (Å²) in [5.74, 6) is 0.196. The van der Waals surface area contributed by atoms with Gasteiger partial charge in [0.25, 0.3) is 0 Å². The van der Waals surface area contributed by atoms with Gasteiger partial charge in [-0.05, 0) is 37.5 Å². The van der Waals surface area contributed by atoms with Gasteiger partial charge in [-0.15, -0.1) is 0 Å². The Kier molecular flexibility index (Phi) is 5.55. The summed E-state index contributed by atoms with van der Waals surface area (Å²) in [5.41, 5.74) is 0.994. The summed E-state index contributed by atoms with van der Waals surface area (Å²) in [7, 11) is -3.60. The highest BCUT2D eigenvalue weighted by molar-refractivity contribution is 7.89. The molecule has 22 heavy (non-hydrogen) atoms. The van der Waals surface area contributed by atoms with Crippen LogP contribution in [0.1, 0.15) is 25.3 Å². The third-order valence-corrected chi connectivity index (χ3v) is 5.31. The van der Waals surface area contributed by atoms with Gasteiger partial charge in [0, 0.05) is 25.6 Å². The van der Waals surface area contributed by atoms with E-state index >= 15 is 0 Å². The van der Waals surface area contributed by atoms with Crippen LogP contribution in [-0.2, 0) is 21.2 Å². The van der Waals surface area contributed by atoms with Crippen LogP contribution < -0.4 is 4.72 Å². The Labute approximate surface area is 131 Å². The first kappa shape index (κ1) is 16.9. The molecule has 1 amide bonds. The largest absolute Gasteiger partial charge is 0.395 e. The summed E-state index contributed by atoms with van der Waals surface area (Å²) in [6.07, 6.45) is 2.27. The summed E-state index contributed by atoms with van der Waals surface area (Å²) in [5, 5.41) is 8.93. The maximum atomic E-state index is 12.0. The SMILES string of the molecule is CC(CO)NS(=O)(=O)c1ccc(CCN2CCCC2=O)cc1. The van der Waals surface area contributed by atoms with Gasteiger partial charge in [-0.2, -0.15) is 0 Å². The van der Waals surface area contributed by atoms with Crippen molar-refractivity contribution in [2.75, 3.05) is 19.7 Å². The third-order valence-electron chi connectivity index (χ3n) is 3.71. The molecular weight excluding hydrogens is 304 g/mol. The standard InChI is InChI=1S/C15H22N2O4S/c1-12(11-18)16-22(20,21)14-6-4-13(5-7-14)8-10-17-9-2-3-15(17)19/h4-7,12,16,18H,2-3,8-11H2,1H3. The number of rotatable bonds is 7. The van der Waals surface area contributed by atoms with Gasteiger partial charge in [0.05, 0.1) is 11.5 Å². The number of sulfonamides is 1. The first-order chi connectivity index (χ1) is 10.4. The monoisotopic (exact) mass is 326 g/mol. The van der Waals surface area contributed by atoms with Crippen molar-refractivity contribution in [2.24, 2.45) is 0 Å². The van der Waals surface area contributed by atoms with Crippen molar-refractivity contribution in [1.82, 2.24) is 9.62 Å². The minimum absolute atomic E-state index is 0.175. The molecule has 1 aromatic carbocycles. The maximum absolute atomic E-state index is 12.0. The molecule has 0 bridgehead atoms. The Morgan fingerprint density at radius 2 is 2.00 bits per heavy atom. The van der Waals surface area contributed by atoms with Crippen molar-refractivity contribution >= 4 is 15.9 Å². The number of hydrogen-bond acceptors (Lipinski definition) is 4. The Bertz CT molecular complexity index is 613. The van der Waals surface area contributed by atoms with E-state index in [-0.39, 0.29) is 17.4 Å². The summed E-state index contributed by atoms with van der Waals surface area (Å²) in [4.78, 5) is 13.5. The second-order valence-electron chi connectivity index (χ2n) is 5.58. The predicted octanol–water partition coefficient (Wildman–Crippen LogP) is 0.511. The van der Waals surface area contributed by atoms with Gasteiger partial charge in [0.15, 0.2) is 0 Å². The van der Waals surface area contributed by atoms with Crippen molar-refractivity contribution in [3.05, 3.63) is 29.8 Å². The number of nitrogens with one attached hydrogen (secondary N) is 1. The van der Waals surface area contributed by atoms with Crippen molar-refractivity contribution < 1.29 is 18.3 Å². The van der Waals surface area contributed by atoms with Gasteiger partial charge in [-0.1, -0.05) is 12.1 Å². The number of amides is 1. The molecule has 2 N–H and O–H groups in total. The molecular formula is C15H22N2O4S. The summed E-state index contributed by atoms with van der Waals surface area (Å²) in [6.45, 7) is 2.83. The van der Waals surface area contributed by atoms with Crippen LogP contribution >= 0.6 is 0 Å². The van der Waals surface area contributed by atoms with E-state index < -0.39 is 16.1 Å². The van der Waals surface area contributed by atoms with Crippen LogP contribution in [0.15, 0.2) is 29.2 Å². The Morgan fingerprint density at radius 3 is 2.55 bits per heavy atom. The Hall–Kier alpha value is -1.44. The lowest BCUT2D eigenvalue weighted by Gasteiger charge is -2.15. The molecule has 0 spiro atoms. The van der Waals surface area contributed by atoms with E-state index in [1.165, 1.54) is 0 Å². The zero-order valence-electron chi connectivity index (χ0n) is 12.7. The van der Waals surface area contributed by atoms with Gasteiger partial charge in [-0.3, -0.25) is 4.79 Å². The zero-order chi connectivity index (χ0) is 16.2. The van der Waals surface area contributed by atoms with Crippen molar-refractivity contribution in [3.63, 3.8) is 0 Å². The molecule has 1 unspecified atom stereocenters. The lowest BCUT2D eigenvalue weighted by atomic mass is 10.1. The van der Waals surface area contributed by atoms with Crippen LogP contribution in [0.4, 0.5) is 0 Å². The molecule has 0 aromatic heterocycles. The minimum atomic E-state index is -3.60. The van der Waals surface area contributed by atoms with Crippen LogP contribution in [0.5, 0.6) is 0 Å². The zero-order valence-corrected chi connectivity index (χ0v) is 13.5. The van der Waals surface area contributed by atoms with Crippen molar-refractivity contribution in [2.45, 2.75) is 37.1 Å². The average Bonchev–Trinajstić information content (AvgIpc) is 2.90. The molecule has 6 nitrogen and oxygen atoms in total. The lowest BCUT2D eigenvalue weighted by molar-refractivity contribution is -0.127. The number of hydrogen-bond donors (Lipinski definition) is 2. The fourth-order valence-corrected chi connectivity index (χ4v) is 3.64. The smallest absolute Gasteiger partial charge is 0.240 e. The highest BCUT2D eigenvalue weighted by atomic mass is 32.2. The molecule has 1 fully saturated rings. The van der Waals surface area contributed by atoms with E-state index in [1.54, 1.807) is 31.2 Å². The second-order valence-corrected chi connectivity index (χ2v) is 7.30. The number of nitrogens with zero attached hydrogens (tertiary/aromatic N) is 1. The molecule has 1 aliphatic rings. The lowest BCUT2D eigenvalue weighted by Crippen LogP contribution is -2.34. The molecule has 7 heteroatoms. The van der Waals surface area contributed by atoms with Crippen LogP contribution in [-0.4, -0.2) is 50.1 Å². The van der Waals surface area contributed by atoms with Gasteiger partial charge in [-0.25, -0.2) is 13.1 Å². The normalized spacial score (nSPS) is 17.0. The van der Waals surface area contributed by atoms with Crippen LogP contribution in [0, 0.1) is 0 Å². The molecule has 0 radical (unpaired) electrons. The highest BCUT2D eigenvalue weighted by Gasteiger charge is 2.20. The fraction of sp³-hybridized carbons (Fsp3) is 0.533. The molecule has 2 rings (SSSR count). The molecule has 0 saturated carbocycles. The molecule has 1 aliphatic heterocycles. The van der Waals surface area contributed by atoms with E-state index in [9.17, 15) is 13.2 Å². The van der Waals surface area contributed by atoms with Crippen LogP contribution in [0.25, 0.3) is 0 Å². The Balaban J connectivity index is 1.96. The first-order valence-electron chi connectivity index (χ1n) is 7.42. The van der Waals surface area contributed by atoms with E-state index in [2.05, 4.69) is 4.72 Å². The van der Waals surface area contributed by atoms with E-state index in [0.29, 0.717) is 19.4 Å². The average molecular weight is 326 g/mol. The molecule has 0 aliphatic carbocycles. The quantitative estimate of drug-likeness (QED) is 0.764. The van der Waals surface area contributed by atoms with Gasteiger partial charge < -0.3 is 10.0 Å². The number of likely N-dealkylation sites (tertiary alicyclic amines) is 1. The van der Waals surface area contributed by atoms with Gasteiger partial charge >= 0.3 is 0 Å². The Morgan fingerprint density at radius 1 is 1.32 bits per heavy atom. The van der Waals surface area contributed by atoms with E-state index in [4.69, 9.17) is 5.11 Å². The van der Waals surface area contributed by atoms with E-state index in [0.717, 1.165) is 18.5 Å². The molecule has 1 heterocycles. The van der Waals surface area contributed by atoms with Crippen molar-refractivity contribution in [3.8, 4) is 0 Å². The van der Waals surface area contributed by atoms with Crippen LogP contribution in [0.2, 0.25) is 0 Å². The summed E-state index contributed by atoms with van der Waals surface area (Å²) < 4.78 is 26.5. The highest BCUT2D eigenvalue weighted by Crippen LogP contribution is 2.14. The van der Waals surface area contributed by atoms with Crippen LogP contribution in [0.3, 0.4) is 0 Å². The fourth-order valence-electron chi connectivity index (χ4n) is 2.41. The summed E-state index contributed by atoms with van der Waals surface area (Å²) >= 11 is 0. The molecule has 1 saturated heterocycles. The second kappa shape index (κ2) is 7.21. The molecule has 122 valence electrons. The maximum Gasteiger partial charge on any atom is 0.240 e. The number of carbonyl (C=O) groups excluding carboxylic acids is 1.